The molecule has 1 aromatic rings. The van der Waals surface area contributed by atoms with Crippen molar-refractivity contribution in [2.75, 3.05) is 24.6 Å². The Labute approximate surface area is 107 Å². The van der Waals surface area contributed by atoms with Crippen molar-refractivity contribution in [1.29, 1.82) is 0 Å². The Morgan fingerprint density at radius 1 is 1.56 bits per heavy atom. The predicted octanol–water partition coefficient (Wildman–Crippen LogP) is 2.05. The maximum Gasteiger partial charge on any atom is 0.130 e. The van der Waals surface area contributed by atoms with Gasteiger partial charge >= 0.3 is 0 Å². The fraction of sp³-hybridized carbons (Fsp3) is 0.571. The van der Waals surface area contributed by atoms with E-state index in [0.29, 0.717) is 5.56 Å². The predicted molar refractivity (Wildman–Crippen MR) is 71.0 cm³/mol. The van der Waals surface area contributed by atoms with Crippen LogP contribution in [0, 0.1) is 11.7 Å². The van der Waals surface area contributed by atoms with E-state index >= 15 is 0 Å². The molecule has 0 radical (unpaired) electrons. The molecule has 1 unspecified atom stereocenters. The van der Waals surface area contributed by atoms with Gasteiger partial charge in [-0.2, -0.15) is 0 Å². The van der Waals surface area contributed by atoms with E-state index in [-0.39, 0.29) is 24.4 Å². The summed E-state index contributed by atoms with van der Waals surface area (Å²) < 4.78 is 13.9. The van der Waals surface area contributed by atoms with Crippen LogP contribution < -0.4 is 10.6 Å². The molecule has 0 amide bonds. The van der Waals surface area contributed by atoms with Crippen molar-refractivity contribution in [1.82, 2.24) is 0 Å². The Balaban J connectivity index is 2.29. The molecular weight excluding hydrogens is 231 g/mol. The molecule has 3 nitrogen and oxygen atoms in total. The average molecular weight is 252 g/mol. The standard InChI is InChI=1S/C14H21FN2O/c1-10(16)14-12(15)5-2-6-13(14)17-7-3-4-11(8-17)9-18/h2,5-6,10-11,18H,3-4,7-9,16H2,1H3/t10-,11?/m1/s1. The molecule has 1 aliphatic heterocycles. The lowest BCUT2D eigenvalue weighted by molar-refractivity contribution is 0.208. The zero-order valence-electron chi connectivity index (χ0n) is 10.8. The summed E-state index contributed by atoms with van der Waals surface area (Å²) in [5, 5.41) is 9.26. The van der Waals surface area contributed by atoms with Gasteiger partial charge in [0.15, 0.2) is 0 Å². The van der Waals surface area contributed by atoms with E-state index in [9.17, 15) is 9.50 Å². The fourth-order valence-electron chi connectivity index (χ4n) is 2.69. The van der Waals surface area contributed by atoms with Crippen LogP contribution in [0.25, 0.3) is 0 Å². The number of hydrogen-bond acceptors (Lipinski definition) is 3. The summed E-state index contributed by atoms with van der Waals surface area (Å²) in [6.07, 6.45) is 2.07. The summed E-state index contributed by atoms with van der Waals surface area (Å²) in [6, 6.07) is 4.77. The first-order chi connectivity index (χ1) is 8.63. The van der Waals surface area contributed by atoms with Gasteiger partial charge < -0.3 is 15.7 Å². The highest BCUT2D eigenvalue weighted by molar-refractivity contribution is 5.55. The fourth-order valence-corrected chi connectivity index (χ4v) is 2.69. The van der Waals surface area contributed by atoms with Gasteiger partial charge in [-0.25, -0.2) is 4.39 Å². The van der Waals surface area contributed by atoms with Crippen molar-refractivity contribution in [3.63, 3.8) is 0 Å². The van der Waals surface area contributed by atoms with E-state index in [2.05, 4.69) is 4.90 Å². The maximum atomic E-state index is 13.9. The van der Waals surface area contributed by atoms with Crippen molar-refractivity contribution >= 4 is 5.69 Å². The normalized spacial score (nSPS) is 22.0. The van der Waals surface area contributed by atoms with Gasteiger partial charge in [0.2, 0.25) is 0 Å². The molecule has 3 N–H and O–H groups in total. The SMILES string of the molecule is C[C@@H](N)c1c(F)cccc1N1CCCC(CO)C1. The maximum absolute atomic E-state index is 13.9. The minimum atomic E-state index is -0.323. The molecular formula is C14H21FN2O. The number of nitrogens with zero attached hydrogens (tertiary/aromatic N) is 1. The van der Waals surface area contributed by atoms with Gasteiger partial charge in [0.25, 0.3) is 0 Å². The third kappa shape index (κ3) is 2.65. The van der Waals surface area contributed by atoms with Gasteiger partial charge in [0.1, 0.15) is 5.82 Å². The number of nitrogens with two attached hydrogens (primary N) is 1. The number of rotatable bonds is 3. The summed E-state index contributed by atoms with van der Waals surface area (Å²) >= 11 is 0. The molecule has 4 heteroatoms. The van der Waals surface area contributed by atoms with Gasteiger partial charge in [-0.3, -0.25) is 0 Å². The van der Waals surface area contributed by atoms with Crippen molar-refractivity contribution in [2.24, 2.45) is 11.7 Å². The quantitative estimate of drug-likeness (QED) is 0.865. The Kier molecular flexibility index (Phi) is 4.19. The highest BCUT2D eigenvalue weighted by Crippen LogP contribution is 2.31. The lowest BCUT2D eigenvalue weighted by atomic mass is 9.96. The zero-order valence-corrected chi connectivity index (χ0v) is 10.8. The minimum Gasteiger partial charge on any atom is -0.396 e. The Bertz CT molecular complexity index is 409. The van der Waals surface area contributed by atoms with Gasteiger partial charge in [0, 0.05) is 37.0 Å². The second-order valence-electron chi connectivity index (χ2n) is 5.10. The van der Waals surface area contributed by atoms with Crippen LogP contribution in [-0.2, 0) is 0 Å². The molecule has 18 heavy (non-hydrogen) atoms. The van der Waals surface area contributed by atoms with Gasteiger partial charge in [-0.05, 0) is 37.8 Å². The lowest BCUT2D eigenvalue weighted by Crippen LogP contribution is -2.37. The molecule has 1 aromatic carbocycles. The monoisotopic (exact) mass is 252 g/mol. The van der Waals surface area contributed by atoms with Gasteiger partial charge in [-0.1, -0.05) is 6.07 Å². The lowest BCUT2D eigenvalue weighted by Gasteiger charge is -2.35. The van der Waals surface area contributed by atoms with Crippen LogP contribution in [0.3, 0.4) is 0 Å². The van der Waals surface area contributed by atoms with Crippen LogP contribution in [0.15, 0.2) is 18.2 Å². The Hall–Kier alpha value is -1.13. The first-order valence-electron chi connectivity index (χ1n) is 6.53. The highest BCUT2D eigenvalue weighted by Gasteiger charge is 2.23. The summed E-state index contributed by atoms with van der Waals surface area (Å²) in [5.74, 6) is 0.0385. The third-order valence-electron chi connectivity index (χ3n) is 3.60. The number of anilines is 1. The molecule has 1 heterocycles. The first-order valence-corrected chi connectivity index (χ1v) is 6.53. The number of aliphatic hydroxyl groups excluding tert-OH is 1. The highest BCUT2D eigenvalue weighted by atomic mass is 19.1. The molecule has 1 fully saturated rings. The molecule has 0 aliphatic carbocycles. The molecule has 0 saturated carbocycles. The molecule has 0 aromatic heterocycles. The summed E-state index contributed by atoms with van der Waals surface area (Å²) in [6.45, 7) is 3.67. The first kappa shape index (κ1) is 13.3. The number of benzene rings is 1. The minimum absolute atomic E-state index is 0.194. The molecule has 0 spiro atoms. The number of hydrogen-bond donors (Lipinski definition) is 2. The van der Waals surface area contributed by atoms with Crippen LogP contribution in [-0.4, -0.2) is 24.8 Å². The Morgan fingerprint density at radius 2 is 2.33 bits per heavy atom. The van der Waals surface area contributed by atoms with Crippen molar-refractivity contribution in [3.8, 4) is 0 Å². The van der Waals surface area contributed by atoms with Gasteiger partial charge in [-0.15, -0.1) is 0 Å². The second-order valence-corrected chi connectivity index (χ2v) is 5.10. The van der Waals surface area contributed by atoms with E-state index in [0.717, 1.165) is 31.6 Å². The van der Waals surface area contributed by atoms with Crippen molar-refractivity contribution < 1.29 is 9.50 Å². The largest absolute Gasteiger partial charge is 0.396 e. The molecule has 1 saturated heterocycles. The molecule has 2 rings (SSSR count). The molecule has 2 atom stereocenters. The average Bonchev–Trinajstić information content (AvgIpc) is 2.38. The smallest absolute Gasteiger partial charge is 0.130 e. The van der Waals surface area contributed by atoms with Crippen LogP contribution in [0.1, 0.15) is 31.4 Å². The van der Waals surface area contributed by atoms with E-state index in [1.165, 1.54) is 6.07 Å². The topological polar surface area (TPSA) is 49.5 Å². The number of halogens is 1. The zero-order chi connectivity index (χ0) is 13.1. The van der Waals surface area contributed by atoms with E-state index in [1.807, 2.05) is 6.07 Å². The van der Waals surface area contributed by atoms with Crippen LogP contribution in [0.2, 0.25) is 0 Å². The third-order valence-corrected chi connectivity index (χ3v) is 3.60. The Morgan fingerprint density at radius 3 is 3.00 bits per heavy atom. The van der Waals surface area contributed by atoms with Crippen LogP contribution in [0.5, 0.6) is 0 Å². The summed E-state index contributed by atoms with van der Waals surface area (Å²) in [4.78, 5) is 2.14. The second kappa shape index (κ2) is 5.67. The number of piperidine rings is 1. The van der Waals surface area contributed by atoms with Gasteiger partial charge in [0.05, 0.1) is 0 Å². The molecule has 1 aliphatic rings. The van der Waals surface area contributed by atoms with Crippen molar-refractivity contribution in [3.05, 3.63) is 29.6 Å². The van der Waals surface area contributed by atoms with Crippen molar-refractivity contribution in [2.45, 2.75) is 25.8 Å². The molecule has 0 bridgehead atoms. The van der Waals surface area contributed by atoms with Crippen LogP contribution in [0.4, 0.5) is 10.1 Å². The van der Waals surface area contributed by atoms with E-state index in [4.69, 9.17) is 5.73 Å². The van der Waals surface area contributed by atoms with E-state index < -0.39 is 0 Å². The molecule has 100 valence electrons. The van der Waals surface area contributed by atoms with E-state index in [1.54, 1.807) is 13.0 Å². The summed E-state index contributed by atoms with van der Waals surface area (Å²) in [5.41, 5.74) is 7.33. The summed E-state index contributed by atoms with van der Waals surface area (Å²) in [7, 11) is 0. The van der Waals surface area contributed by atoms with Crippen LogP contribution >= 0.6 is 0 Å². The number of aliphatic hydroxyl groups is 1.